The molecule has 4 heteroatoms. The lowest BCUT2D eigenvalue weighted by Gasteiger charge is -2.30. The Labute approximate surface area is 430 Å². The molecule has 2 aromatic heterocycles. The van der Waals surface area contributed by atoms with Gasteiger partial charge in [0.2, 0.25) is 0 Å². The molecular weight excluding hydrogens is 901 g/mol. The van der Waals surface area contributed by atoms with Gasteiger partial charge in [0.05, 0.1) is 11.4 Å². The van der Waals surface area contributed by atoms with E-state index in [4.69, 9.17) is 8.83 Å². The molecule has 2 heterocycles. The van der Waals surface area contributed by atoms with E-state index in [1.54, 1.807) is 0 Å². The molecular formula is C70H52N2O2. The first-order valence-corrected chi connectivity index (χ1v) is 26.5. The molecule has 0 saturated heterocycles. The highest BCUT2D eigenvalue weighted by Gasteiger charge is 2.25. The molecule has 0 radical (unpaired) electrons. The van der Waals surface area contributed by atoms with Gasteiger partial charge in [0.15, 0.2) is 0 Å². The van der Waals surface area contributed by atoms with Crippen LogP contribution in [-0.2, 0) is 25.7 Å². The molecule has 0 bridgehead atoms. The van der Waals surface area contributed by atoms with Gasteiger partial charge in [-0.25, -0.2) is 0 Å². The van der Waals surface area contributed by atoms with Crippen LogP contribution in [0.5, 0.6) is 0 Å². The number of benzene rings is 11. The average Bonchev–Trinajstić information content (AvgIpc) is 4.01. The quantitative estimate of drug-likeness (QED) is 0.152. The molecule has 0 unspecified atom stereocenters. The van der Waals surface area contributed by atoms with Crippen molar-refractivity contribution < 1.29 is 8.83 Å². The minimum atomic E-state index is 0.819. The van der Waals surface area contributed by atoms with Gasteiger partial charge in [0, 0.05) is 61.5 Å². The molecule has 0 spiro atoms. The molecule has 0 fully saturated rings. The molecule has 74 heavy (non-hydrogen) atoms. The smallest absolute Gasteiger partial charge is 0.139 e. The third-order valence-electron chi connectivity index (χ3n) is 16.1. The van der Waals surface area contributed by atoms with Crippen molar-refractivity contribution in [3.8, 4) is 22.3 Å². The van der Waals surface area contributed by atoms with Crippen LogP contribution in [0.1, 0.15) is 47.9 Å². The molecule has 2 aliphatic carbocycles. The summed E-state index contributed by atoms with van der Waals surface area (Å²) in [7, 11) is 0. The Morgan fingerprint density at radius 1 is 0.270 bits per heavy atom. The van der Waals surface area contributed by atoms with Gasteiger partial charge in [-0.2, -0.15) is 0 Å². The molecule has 15 rings (SSSR count). The zero-order valence-electron chi connectivity index (χ0n) is 41.2. The van der Waals surface area contributed by atoms with Crippen molar-refractivity contribution in [1.29, 1.82) is 0 Å². The normalized spacial score (nSPS) is 13.5. The molecule has 0 saturated carbocycles. The fourth-order valence-corrected chi connectivity index (χ4v) is 12.4. The van der Waals surface area contributed by atoms with Crippen molar-refractivity contribution in [2.24, 2.45) is 0 Å². The molecule has 0 N–H and O–H groups in total. The summed E-state index contributed by atoms with van der Waals surface area (Å²) in [6.45, 7) is 0. The number of nitrogens with zero attached hydrogens (tertiary/aromatic N) is 2. The van der Waals surface area contributed by atoms with Gasteiger partial charge in [-0.05, 0) is 209 Å². The molecule has 0 amide bonds. The van der Waals surface area contributed by atoms with Gasteiger partial charge in [-0.3, -0.25) is 0 Å². The van der Waals surface area contributed by atoms with Crippen molar-refractivity contribution in [2.75, 3.05) is 9.80 Å². The van der Waals surface area contributed by atoms with E-state index in [2.05, 4.69) is 228 Å². The molecule has 11 aromatic carbocycles. The summed E-state index contributed by atoms with van der Waals surface area (Å²) in [6.07, 6.45) is 9.43. The van der Waals surface area contributed by atoms with Gasteiger partial charge < -0.3 is 18.6 Å². The summed E-state index contributed by atoms with van der Waals surface area (Å²) < 4.78 is 13.5. The largest absolute Gasteiger partial charge is 0.456 e. The standard InChI is InChI=1S/C70H52N2O2/c1-5-17-45(18-6-1)59-35-47-21-13-15-23-49(47)39-65(59)71(55-25-9-3-10-26-55)57-31-29-51-37-61-63-43-64-62-38-52-30-32-58(34-54(52)42-68(62)74-70(64)44-69(63)73-67(61)41-53(51)33-57)72(56-27-11-4-12-28-56)66-40-50-24-16-14-22-48(50)36-60(66)46-19-7-2-8-20-46/h1-12,17-20,25-44H,13-16,21-24H2. The van der Waals surface area contributed by atoms with E-state index < -0.39 is 0 Å². The zero-order chi connectivity index (χ0) is 48.7. The van der Waals surface area contributed by atoms with Crippen LogP contribution in [0.3, 0.4) is 0 Å². The lowest BCUT2D eigenvalue weighted by atomic mass is 9.87. The monoisotopic (exact) mass is 952 g/mol. The number of para-hydroxylation sites is 2. The first kappa shape index (κ1) is 42.8. The highest BCUT2D eigenvalue weighted by molar-refractivity contribution is 6.18. The van der Waals surface area contributed by atoms with E-state index in [1.807, 2.05) is 0 Å². The van der Waals surface area contributed by atoms with Crippen molar-refractivity contribution >= 4 is 99.5 Å². The highest BCUT2D eigenvalue weighted by atomic mass is 16.3. The zero-order valence-corrected chi connectivity index (χ0v) is 41.2. The lowest BCUT2D eigenvalue weighted by Crippen LogP contribution is -2.13. The van der Waals surface area contributed by atoms with Crippen LogP contribution in [-0.4, -0.2) is 0 Å². The summed E-state index contributed by atoms with van der Waals surface area (Å²) in [5, 5.41) is 8.96. The minimum Gasteiger partial charge on any atom is -0.456 e. The second-order valence-electron chi connectivity index (χ2n) is 20.6. The summed E-state index contributed by atoms with van der Waals surface area (Å²) in [5.41, 5.74) is 21.1. The summed E-state index contributed by atoms with van der Waals surface area (Å²) in [5.74, 6) is 0. The number of aryl methyl sites for hydroxylation is 4. The third-order valence-corrected chi connectivity index (χ3v) is 16.1. The maximum Gasteiger partial charge on any atom is 0.139 e. The predicted molar refractivity (Wildman–Crippen MR) is 310 cm³/mol. The molecule has 13 aromatic rings. The Kier molecular flexibility index (Phi) is 10.1. The summed E-state index contributed by atoms with van der Waals surface area (Å²) in [6, 6.07) is 80.4. The van der Waals surface area contributed by atoms with E-state index in [1.165, 1.54) is 92.3 Å². The highest BCUT2D eigenvalue weighted by Crippen LogP contribution is 2.47. The number of anilines is 6. The number of hydrogen-bond donors (Lipinski definition) is 0. The Bertz CT molecular complexity index is 4030. The van der Waals surface area contributed by atoms with Crippen molar-refractivity contribution in [3.63, 3.8) is 0 Å². The van der Waals surface area contributed by atoms with Crippen LogP contribution in [0, 0.1) is 0 Å². The van der Waals surface area contributed by atoms with Gasteiger partial charge in [0.1, 0.15) is 22.3 Å². The van der Waals surface area contributed by atoms with Gasteiger partial charge in [0.25, 0.3) is 0 Å². The van der Waals surface area contributed by atoms with E-state index >= 15 is 0 Å². The maximum absolute atomic E-state index is 6.77. The second-order valence-corrected chi connectivity index (χ2v) is 20.6. The molecule has 2 aliphatic rings. The van der Waals surface area contributed by atoms with Gasteiger partial charge in [-0.15, -0.1) is 0 Å². The number of rotatable bonds is 8. The van der Waals surface area contributed by atoms with Crippen LogP contribution in [0.4, 0.5) is 34.1 Å². The Morgan fingerprint density at radius 3 is 1.05 bits per heavy atom. The van der Waals surface area contributed by atoms with Crippen LogP contribution in [0.25, 0.3) is 87.7 Å². The van der Waals surface area contributed by atoms with Crippen LogP contribution < -0.4 is 9.80 Å². The van der Waals surface area contributed by atoms with E-state index in [0.29, 0.717) is 0 Å². The van der Waals surface area contributed by atoms with Crippen molar-refractivity contribution in [1.82, 2.24) is 0 Å². The topological polar surface area (TPSA) is 32.8 Å². The predicted octanol–water partition coefficient (Wildman–Crippen LogP) is 19.8. The van der Waals surface area contributed by atoms with Crippen molar-refractivity contribution in [3.05, 3.63) is 241 Å². The molecule has 0 atom stereocenters. The minimum absolute atomic E-state index is 0.819. The van der Waals surface area contributed by atoms with Crippen molar-refractivity contribution in [2.45, 2.75) is 51.4 Å². The van der Waals surface area contributed by atoms with E-state index in [-0.39, 0.29) is 0 Å². The fraction of sp³-hybridized carbons (Fsp3) is 0.114. The number of hydrogen-bond acceptors (Lipinski definition) is 4. The molecule has 0 aliphatic heterocycles. The first-order valence-electron chi connectivity index (χ1n) is 26.5. The Morgan fingerprint density at radius 2 is 0.635 bits per heavy atom. The van der Waals surface area contributed by atoms with Crippen LogP contribution in [0.2, 0.25) is 0 Å². The molecule has 354 valence electrons. The SMILES string of the molecule is c1ccc(-c2cc3c(cc2N(c2ccccc2)c2ccc4cc5c(cc4c2)oc2cc4oc6cc7cc(N(c8ccccc8)c8cc9c(cc8-c8ccccc8)CCCC9)ccc7cc6c4cc25)CCCC3)cc1. The average molecular weight is 953 g/mol. The summed E-state index contributed by atoms with van der Waals surface area (Å²) in [4.78, 5) is 4.89. The lowest BCUT2D eigenvalue weighted by molar-refractivity contribution is 0.656. The first-order chi connectivity index (χ1) is 36.6. The fourth-order valence-electron chi connectivity index (χ4n) is 12.4. The number of fused-ring (bicyclic) bond motifs is 10. The maximum atomic E-state index is 6.77. The third kappa shape index (κ3) is 7.27. The number of furan rings is 2. The van der Waals surface area contributed by atoms with Crippen LogP contribution in [0.15, 0.2) is 227 Å². The second kappa shape index (κ2) is 17.4. The Hall–Kier alpha value is -8.86. The molecule has 4 nitrogen and oxygen atoms in total. The van der Waals surface area contributed by atoms with Gasteiger partial charge >= 0.3 is 0 Å². The van der Waals surface area contributed by atoms with E-state index in [9.17, 15) is 0 Å². The van der Waals surface area contributed by atoms with Gasteiger partial charge in [-0.1, -0.05) is 109 Å². The van der Waals surface area contributed by atoms with Crippen LogP contribution >= 0.6 is 0 Å². The Balaban J connectivity index is 0.830. The summed E-state index contributed by atoms with van der Waals surface area (Å²) >= 11 is 0. The van der Waals surface area contributed by atoms with E-state index in [0.717, 1.165) is 103 Å².